The van der Waals surface area contributed by atoms with Gasteiger partial charge in [-0.1, -0.05) is 79.9 Å². The van der Waals surface area contributed by atoms with Gasteiger partial charge in [0.15, 0.2) is 0 Å². The van der Waals surface area contributed by atoms with E-state index in [0.717, 1.165) is 11.1 Å². The van der Waals surface area contributed by atoms with Crippen LogP contribution in [0.2, 0.25) is 0 Å². The lowest BCUT2D eigenvalue weighted by atomic mass is 9.93. The maximum Gasteiger partial charge on any atom is 0.116 e. The van der Waals surface area contributed by atoms with E-state index in [0.29, 0.717) is 0 Å². The van der Waals surface area contributed by atoms with Gasteiger partial charge < -0.3 is 11.5 Å². The second-order valence-corrected chi connectivity index (χ2v) is 4.66. The molecule has 0 radical (unpaired) electrons. The quantitative estimate of drug-likeness (QED) is 0.793. The molecule has 1 fully saturated rings. The smallest absolute Gasteiger partial charge is 0.116 e. The fourth-order valence-electron chi connectivity index (χ4n) is 1.59. The van der Waals surface area contributed by atoms with Gasteiger partial charge in [-0.25, -0.2) is 0 Å². The number of hydrogen-bond acceptors (Lipinski definition) is 2. The Morgan fingerprint density at radius 3 is 1.22 bits per heavy atom. The molecule has 1 aliphatic carbocycles. The molecule has 2 aromatic carbocycles. The molecule has 0 spiro atoms. The molecule has 0 bridgehead atoms. The lowest BCUT2D eigenvalue weighted by molar-refractivity contribution is 0.567. The van der Waals surface area contributed by atoms with Crippen LogP contribution in [0.4, 0.5) is 0 Å². The molecule has 0 saturated heterocycles. The van der Waals surface area contributed by atoms with Crippen LogP contribution in [0.25, 0.3) is 0 Å². The fourth-order valence-corrected chi connectivity index (χ4v) is 1.59. The Kier molecular flexibility index (Phi) is 4.13. The topological polar surface area (TPSA) is 52.0 Å². The van der Waals surface area contributed by atoms with Crippen molar-refractivity contribution in [3.05, 3.63) is 71.8 Å². The Morgan fingerprint density at radius 2 is 0.944 bits per heavy atom. The molecule has 0 unspecified atom stereocenters. The minimum absolute atomic E-state index is 0.913. The minimum atomic E-state index is -0.914. The van der Waals surface area contributed by atoms with Gasteiger partial charge >= 0.3 is 0 Å². The van der Waals surface area contributed by atoms with E-state index in [1.165, 1.54) is 19.3 Å². The van der Waals surface area contributed by atoms with Gasteiger partial charge in [-0.15, -0.1) is 0 Å². The number of rotatable bonds is 2. The van der Waals surface area contributed by atoms with Gasteiger partial charge in [0.1, 0.15) is 5.66 Å². The van der Waals surface area contributed by atoms with Gasteiger partial charge in [-0.3, -0.25) is 0 Å². The normalized spacial score (nSPS) is 13.4. The van der Waals surface area contributed by atoms with E-state index < -0.39 is 5.66 Å². The van der Waals surface area contributed by atoms with E-state index in [-0.39, 0.29) is 0 Å². The van der Waals surface area contributed by atoms with E-state index in [4.69, 9.17) is 11.5 Å². The first-order valence-electron chi connectivity index (χ1n) is 6.40. The highest BCUT2D eigenvalue weighted by Crippen LogP contribution is 2.20. The Hall–Kier alpha value is -1.64. The Morgan fingerprint density at radius 1 is 0.611 bits per heavy atom. The molecule has 1 aliphatic rings. The van der Waals surface area contributed by atoms with Crippen molar-refractivity contribution in [2.24, 2.45) is 11.5 Å². The SMILES string of the molecule is C1CC1.NC(N)(c1ccccc1)c1ccccc1. The molecule has 2 nitrogen and oxygen atoms in total. The summed E-state index contributed by atoms with van der Waals surface area (Å²) < 4.78 is 0. The van der Waals surface area contributed by atoms with E-state index >= 15 is 0 Å². The summed E-state index contributed by atoms with van der Waals surface area (Å²) >= 11 is 0. The molecule has 0 aromatic heterocycles. The van der Waals surface area contributed by atoms with Crippen molar-refractivity contribution in [3.8, 4) is 0 Å². The van der Waals surface area contributed by atoms with Crippen LogP contribution in [-0.4, -0.2) is 0 Å². The van der Waals surface area contributed by atoms with Crippen LogP contribution in [0.3, 0.4) is 0 Å². The lowest BCUT2D eigenvalue weighted by Gasteiger charge is -2.25. The predicted octanol–water partition coefficient (Wildman–Crippen LogP) is 2.98. The Balaban J connectivity index is 0.000000350. The molecular weight excluding hydrogens is 220 g/mol. The molecule has 3 rings (SSSR count). The Bertz CT molecular complexity index is 417. The molecule has 18 heavy (non-hydrogen) atoms. The zero-order valence-corrected chi connectivity index (χ0v) is 10.5. The van der Waals surface area contributed by atoms with Crippen molar-refractivity contribution in [3.63, 3.8) is 0 Å². The minimum Gasteiger partial charge on any atom is -0.306 e. The van der Waals surface area contributed by atoms with Crippen molar-refractivity contribution in [1.29, 1.82) is 0 Å². The van der Waals surface area contributed by atoms with Crippen LogP contribution in [0.5, 0.6) is 0 Å². The van der Waals surface area contributed by atoms with E-state index in [1.54, 1.807) is 0 Å². The van der Waals surface area contributed by atoms with Crippen LogP contribution in [0.1, 0.15) is 30.4 Å². The highest BCUT2D eigenvalue weighted by atomic mass is 15.0. The summed E-state index contributed by atoms with van der Waals surface area (Å²) in [6, 6.07) is 19.4. The van der Waals surface area contributed by atoms with Crippen molar-refractivity contribution in [1.82, 2.24) is 0 Å². The van der Waals surface area contributed by atoms with Crippen molar-refractivity contribution < 1.29 is 0 Å². The van der Waals surface area contributed by atoms with E-state index in [9.17, 15) is 0 Å². The maximum absolute atomic E-state index is 6.14. The second-order valence-electron chi connectivity index (χ2n) is 4.66. The monoisotopic (exact) mass is 240 g/mol. The number of nitrogens with two attached hydrogens (primary N) is 2. The van der Waals surface area contributed by atoms with Gasteiger partial charge in [0, 0.05) is 0 Å². The zero-order chi connectivity index (χ0) is 12.8. The van der Waals surface area contributed by atoms with E-state index in [1.807, 2.05) is 60.7 Å². The standard InChI is InChI=1S/C13H14N2.C3H6/c14-13(15,11-7-3-1-4-8-11)12-9-5-2-6-10-12;1-2-3-1/h1-10H,14-15H2;1-3H2. The average molecular weight is 240 g/mol. The lowest BCUT2D eigenvalue weighted by Crippen LogP contribution is -2.46. The second kappa shape index (κ2) is 5.80. The van der Waals surface area contributed by atoms with Crippen molar-refractivity contribution in [2.45, 2.75) is 24.9 Å². The van der Waals surface area contributed by atoms with Crippen LogP contribution in [-0.2, 0) is 5.66 Å². The fraction of sp³-hybridized carbons (Fsp3) is 0.250. The van der Waals surface area contributed by atoms with Gasteiger partial charge in [0.25, 0.3) is 0 Å². The summed E-state index contributed by atoms with van der Waals surface area (Å²) in [6.45, 7) is 0. The summed E-state index contributed by atoms with van der Waals surface area (Å²) in [5.41, 5.74) is 13.2. The van der Waals surface area contributed by atoms with Crippen LogP contribution in [0, 0.1) is 0 Å². The predicted molar refractivity (Wildman–Crippen MR) is 75.9 cm³/mol. The molecule has 0 aliphatic heterocycles. The number of benzene rings is 2. The molecule has 2 aromatic rings. The summed E-state index contributed by atoms with van der Waals surface area (Å²) in [5, 5.41) is 0. The molecule has 4 N–H and O–H groups in total. The summed E-state index contributed by atoms with van der Waals surface area (Å²) in [4.78, 5) is 0. The first-order valence-corrected chi connectivity index (χ1v) is 6.40. The average Bonchev–Trinajstić information content (AvgIpc) is 3.29. The highest BCUT2D eigenvalue weighted by Gasteiger charge is 2.23. The molecule has 0 heterocycles. The molecule has 2 heteroatoms. The van der Waals surface area contributed by atoms with Gasteiger partial charge in [0.05, 0.1) is 0 Å². The van der Waals surface area contributed by atoms with E-state index in [2.05, 4.69) is 0 Å². The molecule has 0 atom stereocenters. The first kappa shape index (κ1) is 12.8. The van der Waals surface area contributed by atoms with Gasteiger partial charge in [-0.05, 0) is 11.1 Å². The van der Waals surface area contributed by atoms with Crippen molar-refractivity contribution >= 4 is 0 Å². The van der Waals surface area contributed by atoms with Crippen molar-refractivity contribution in [2.75, 3.05) is 0 Å². The summed E-state index contributed by atoms with van der Waals surface area (Å²) in [5.74, 6) is 0. The third kappa shape index (κ3) is 3.42. The summed E-state index contributed by atoms with van der Waals surface area (Å²) in [6.07, 6.45) is 4.50. The first-order chi connectivity index (χ1) is 8.71. The number of hydrogen-bond donors (Lipinski definition) is 2. The molecule has 94 valence electrons. The molecule has 0 amide bonds. The Labute approximate surface area is 109 Å². The van der Waals surface area contributed by atoms with Gasteiger partial charge in [-0.2, -0.15) is 0 Å². The zero-order valence-electron chi connectivity index (χ0n) is 10.5. The highest BCUT2D eigenvalue weighted by molar-refractivity contribution is 5.35. The maximum atomic E-state index is 6.14. The van der Waals surface area contributed by atoms with Gasteiger partial charge in [0.2, 0.25) is 0 Å². The van der Waals surface area contributed by atoms with Crippen LogP contribution >= 0.6 is 0 Å². The third-order valence-corrected chi connectivity index (χ3v) is 2.86. The van der Waals surface area contributed by atoms with Crippen LogP contribution in [0.15, 0.2) is 60.7 Å². The summed E-state index contributed by atoms with van der Waals surface area (Å²) in [7, 11) is 0. The molecule has 1 saturated carbocycles. The van der Waals surface area contributed by atoms with Crippen LogP contribution < -0.4 is 11.5 Å². The molecular formula is C16H20N2. The third-order valence-electron chi connectivity index (χ3n) is 2.86. The largest absolute Gasteiger partial charge is 0.306 e.